The van der Waals surface area contributed by atoms with E-state index in [4.69, 9.17) is 4.42 Å². The summed E-state index contributed by atoms with van der Waals surface area (Å²) in [5, 5.41) is 9.93. The smallest absolute Gasteiger partial charge is 0.137 e. The number of para-hydroxylation sites is 1. The van der Waals surface area contributed by atoms with E-state index < -0.39 is 0 Å². The molecule has 220 valence electrons. The van der Waals surface area contributed by atoms with Gasteiger partial charge in [-0.1, -0.05) is 115 Å². The number of rotatable bonds is 4. The van der Waals surface area contributed by atoms with Gasteiger partial charge in [-0.2, -0.15) is 0 Å². The maximum atomic E-state index is 6.37. The first-order chi connectivity index (χ1) is 23.3. The molecule has 3 heteroatoms. The minimum atomic E-state index is 0.882. The summed E-state index contributed by atoms with van der Waals surface area (Å²) in [7, 11) is 0. The molecule has 2 heterocycles. The molecule has 0 atom stereocenters. The van der Waals surface area contributed by atoms with Gasteiger partial charge in [-0.25, -0.2) is 0 Å². The molecule has 0 radical (unpaired) electrons. The maximum absolute atomic E-state index is 6.37. The molecule has 0 bridgehead atoms. The van der Waals surface area contributed by atoms with Crippen molar-refractivity contribution in [2.24, 2.45) is 0 Å². The van der Waals surface area contributed by atoms with Crippen LogP contribution in [0.5, 0.6) is 0 Å². The van der Waals surface area contributed by atoms with Crippen molar-refractivity contribution in [3.8, 4) is 11.1 Å². The van der Waals surface area contributed by atoms with Crippen molar-refractivity contribution in [1.82, 2.24) is 0 Å². The van der Waals surface area contributed by atoms with Gasteiger partial charge in [-0.3, -0.25) is 0 Å². The molecule has 0 aliphatic heterocycles. The number of furan rings is 1. The molecule has 0 unspecified atom stereocenters. The van der Waals surface area contributed by atoms with Gasteiger partial charge in [0, 0.05) is 42.3 Å². The first-order valence-corrected chi connectivity index (χ1v) is 16.7. The fraction of sp³-hybridized carbons (Fsp3) is 0. The van der Waals surface area contributed by atoms with Crippen molar-refractivity contribution in [1.29, 1.82) is 0 Å². The molecular formula is C44H27NOS. The van der Waals surface area contributed by atoms with E-state index in [0.717, 1.165) is 39.0 Å². The minimum Gasteiger partial charge on any atom is -0.456 e. The quantitative estimate of drug-likeness (QED) is 0.183. The van der Waals surface area contributed by atoms with Gasteiger partial charge in [-0.05, 0) is 75.8 Å². The van der Waals surface area contributed by atoms with E-state index in [9.17, 15) is 0 Å². The third-order valence-corrected chi connectivity index (χ3v) is 10.6. The van der Waals surface area contributed by atoms with Crippen molar-refractivity contribution in [3.63, 3.8) is 0 Å². The van der Waals surface area contributed by atoms with Crippen LogP contribution in [0.1, 0.15) is 0 Å². The molecule has 2 aromatic heterocycles. The fourth-order valence-corrected chi connectivity index (χ4v) is 8.52. The molecule has 10 rings (SSSR count). The lowest BCUT2D eigenvalue weighted by Crippen LogP contribution is -2.10. The monoisotopic (exact) mass is 617 g/mol. The second-order valence-corrected chi connectivity index (χ2v) is 13.2. The molecule has 0 amide bonds. The van der Waals surface area contributed by atoms with E-state index in [0.29, 0.717) is 0 Å². The highest BCUT2D eigenvalue weighted by atomic mass is 32.1. The molecule has 0 spiro atoms. The van der Waals surface area contributed by atoms with E-state index in [1.54, 1.807) is 0 Å². The van der Waals surface area contributed by atoms with E-state index in [2.05, 4.69) is 163 Å². The molecular weight excluding hydrogens is 591 g/mol. The van der Waals surface area contributed by atoms with Crippen LogP contribution < -0.4 is 4.90 Å². The van der Waals surface area contributed by atoms with Crippen molar-refractivity contribution >= 4 is 92.1 Å². The van der Waals surface area contributed by atoms with Crippen molar-refractivity contribution in [3.05, 3.63) is 164 Å². The Hall–Kier alpha value is -5.90. The first kappa shape index (κ1) is 26.3. The van der Waals surface area contributed by atoms with Crippen molar-refractivity contribution < 1.29 is 4.42 Å². The van der Waals surface area contributed by atoms with Gasteiger partial charge in [0.1, 0.15) is 11.2 Å². The summed E-state index contributed by atoms with van der Waals surface area (Å²) in [6, 6.07) is 59.0. The van der Waals surface area contributed by atoms with Crippen LogP contribution in [0.4, 0.5) is 17.1 Å². The molecule has 0 aliphatic carbocycles. The van der Waals surface area contributed by atoms with Gasteiger partial charge in [0.25, 0.3) is 0 Å². The molecule has 0 saturated carbocycles. The van der Waals surface area contributed by atoms with Crippen molar-refractivity contribution in [2.45, 2.75) is 0 Å². The molecule has 0 fully saturated rings. The highest BCUT2D eigenvalue weighted by Gasteiger charge is 2.20. The molecule has 8 aromatic carbocycles. The molecule has 0 saturated heterocycles. The lowest BCUT2D eigenvalue weighted by atomic mass is 9.98. The SMILES string of the molecule is c1ccc(-c2ccc(N(c3ccc4ccc5ccc6c7ccccc7sc6c5c4c3)c3cccc4oc5ccccc5c34)cc2)cc1. The Morgan fingerprint density at radius 1 is 0.426 bits per heavy atom. The van der Waals surface area contributed by atoms with Crippen molar-refractivity contribution in [2.75, 3.05) is 4.90 Å². The van der Waals surface area contributed by atoms with Crippen LogP contribution in [0.25, 0.3) is 74.8 Å². The normalized spacial score (nSPS) is 11.8. The average Bonchev–Trinajstić information content (AvgIpc) is 3.71. The predicted octanol–water partition coefficient (Wildman–Crippen LogP) is 13.4. The number of thiophene rings is 1. The first-order valence-electron chi connectivity index (χ1n) is 15.9. The summed E-state index contributed by atoms with van der Waals surface area (Å²) in [6.07, 6.45) is 0. The Labute approximate surface area is 275 Å². The van der Waals surface area contributed by atoms with Crippen LogP contribution in [0.15, 0.2) is 168 Å². The van der Waals surface area contributed by atoms with Gasteiger partial charge in [-0.15, -0.1) is 11.3 Å². The Balaban J connectivity index is 1.26. The summed E-state index contributed by atoms with van der Waals surface area (Å²) in [5.41, 5.74) is 7.46. The summed E-state index contributed by atoms with van der Waals surface area (Å²) in [6.45, 7) is 0. The topological polar surface area (TPSA) is 16.4 Å². The van der Waals surface area contributed by atoms with Crippen LogP contribution in [0, 0.1) is 0 Å². The zero-order valence-electron chi connectivity index (χ0n) is 25.4. The Bertz CT molecular complexity index is 2790. The molecule has 2 nitrogen and oxygen atoms in total. The third kappa shape index (κ3) is 4.10. The van der Waals surface area contributed by atoms with Gasteiger partial charge >= 0.3 is 0 Å². The Morgan fingerprint density at radius 3 is 2.00 bits per heavy atom. The summed E-state index contributed by atoms with van der Waals surface area (Å²) >= 11 is 1.89. The highest BCUT2D eigenvalue weighted by Crippen LogP contribution is 2.46. The number of nitrogens with zero attached hydrogens (tertiary/aromatic N) is 1. The number of fused-ring (bicyclic) bond motifs is 10. The van der Waals surface area contributed by atoms with Crippen LogP contribution in [-0.2, 0) is 0 Å². The zero-order chi connectivity index (χ0) is 30.9. The van der Waals surface area contributed by atoms with E-state index in [1.165, 1.54) is 52.8 Å². The number of anilines is 3. The van der Waals surface area contributed by atoms with Crippen LogP contribution in [-0.4, -0.2) is 0 Å². The zero-order valence-corrected chi connectivity index (χ0v) is 26.2. The standard InChI is InChI=1S/C44H27NOS/c1-2-9-28(10-3-1)29-19-23-32(24-20-29)45(38-13-8-15-40-43(38)36-12-4-6-14-39(36)46-40)33-25-21-30-17-18-31-22-26-35-34-11-5-7-16-41(34)47-44(35)42(31)37(30)27-33/h1-27H. The van der Waals surface area contributed by atoms with E-state index in [1.807, 2.05) is 17.4 Å². The third-order valence-electron chi connectivity index (χ3n) is 9.44. The molecule has 0 aliphatic rings. The average molecular weight is 618 g/mol. The molecule has 47 heavy (non-hydrogen) atoms. The minimum absolute atomic E-state index is 0.882. The Kier molecular flexibility index (Phi) is 5.78. The molecule has 10 aromatic rings. The Morgan fingerprint density at radius 2 is 1.11 bits per heavy atom. The maximum Gasteiger partial charge on any atom is 0.137 e. The fourth-order valence-electron chi connectivity index (χ4n) is 7.25. The molecule has 0 N–H and O–H groups in total. The predicted molar refractivity (Wildman–Crippen MR) is 202 cm³/mol. The lowest BCUT2D eigenvalue weighted by Gasteiger charge is -2.27. The number of benzene rings is 8. The number of hydrogen-bond acceptors (Lipinski definition) is 3. The van der Waals surface area contributed by atoms with Crippen LogP contribution >= 0.6 is 11.3 Å². The second kappa shape index (κ2) is 10.3. The van der Waals surface area contributed by atoms with Gasteiger partial charge in [0.15, 0.2) is 0 Å². The van der Waals surface area contributed by atoms with E-state index >= 15 is 0 Å². The summed E-state index contributed by atoms with van der Waals surface area (Å²) in [5.74, 6) is 0. The van der Waals surface area contributed by atoms with Gasteiger partial charge < -0.3 is 9.32 Å². The lowest BCUT2D eigenvalue weighted by molar-refractivity contribution is 0.669. The van der Waals surface area contributed by atoms with Gasteiger partial charge in [0.2, 0.25) is 0 Å². The largest absolute Gasteiger partial charge is 0.456 e. The van der Waals surface area contributed by atoms with Crippen LogP contribution in [0.2, 0.25) is 0 Å². The summed E-state index contributed by atoms with van der Waals surface area (Å²) in [4.78, 5) is 2.39. The van der Waals surface area contributed by atoms with E-state index in [-0.39, 0.29) is 0 Å². The van der Waals surface area contributed by atoms with Gasteiger partial charge in [0.05, 0.1) is 11.1 Å². The van der Waals surface area contributed by atoms with Crippen LogP contribution in [0.3, 0.4) is 0 Å². The second-order valence-electron chi connectivity index (χ2n) is 12.1. The number of hydrogen-bond donors (Lipinski definition) is 0. The highest BCUT2D eigenvalue weighted by molar-refractivity contribution is 7.26. The summed E-state index contributed by atoms with van der Waals surface area (Å²) < 4.78 is 9.03.